The summed E-state index contributed by atoms with van der Waals surface area (Å²) in [6, 6.07) is 3.25. The van der Waals surface area contributed by atoms with Crippen LogP contribution in [-0.2, 0) is 0 Å². The highest BCUT2D eigenvalue weighted by Crippen LogP contribution is 2.27. The molecule has 120 valence electrons. The van der Waals surface area contributed by atoms with E-state index in [1.807, 2.05) is 6.92 Å². The van der Waals surface area contributed by atoms with Crippen molar-refractivity contribution >= 4 is 17.5 Å². The van der Waals surface area contributed by atoms with Crippen LogP contribution in [0.5, 0.6) is 5.88 Å². The maximum Gasteiger partial charge on any atom is 0.321 e. The van der Waals surface area contributed by atoms with Gasteiger partial charge in [-0.05, 0) is 19.4 Å². The summed E-state index contributed by atoms with van der Waals surface area (Å²) in [6.45, 7) is 5.51. The molecule has 2 rings (SSSR count). The zero-order chi connectivity index (χ0) is 15.9. The van der Waals surface area contributed by atoms with Gasteiger partial charge in [0.15, 0.2) is 5.78 Å². The molecule has 0 unspecified atom stereocenters. The molecule has 2 amide bonds. The fourth-order valence-electron chi connectivity index (χ4n) is 2.41. The van der Waals surface area contributed by atoms with Gasteiger partial charge in [-0.3, -0.25) is 9.69 Å². The summed E-state index contributed by atoms with van der Waals surface area (Å²) in [4.78, 5) is 30.1. The first kappa shape index (κ1) is 16.3. The SMILES string of the molecule is CCCCCNC(=O)N1CCC(=O)c2nc(OCC)ccc21. The molecular weight excluding hydrogens is 282 g/mol. The second-order valence-electron chi connectivity index (χ2n) is 5.21. The molecule has 0 fully saturated rings. The van der Waals surface area contributed by atoms with Crippen molar-refractivity contribution in [1.82, 2.24) is 10.3 Å². The molecule has 6 nitrogen and oxygen atoms in total. The van der Waals surface area contributed by atoms with Crippen molar-refractivity contribution in [2.75, 3.05) is 24.6 Å². The van der Waals surface area contributed by atoms with Gasteiger partial charge in [-0.1, -0.05) is 19.8 Å². The maximum atomic E-state index is 12.3. The summed E-state index contributed by atoms with van der Waals surface area (Å²) in [6.07, 6.45) is 3.46. The monoisotopic (exact) mass is 305 g/mol. The van der Waals surface area contributed by atoms with Crippen molar-refractivity contribution in [2.24, 2.45) is 0 Å². The molecule has 0 aromatic carbocycles. The molecule has 1 aromatic heterocycles. The first-order valence-corrected chi connectivity index (χ1v) is 7.89. The Morgan fingerprint density at radius 3 is 2.91 bits per heavy atom. The average molecular weight is 305 g/mol. The van der Waals surface area contributed by atoms with Crippen LogP contribution >= 0.6 is 0 Å². The number of carbonyl (C=O) groups excluding carboxylic acids is 2. The number of fused-ring (bicyclic) bond motifs is 1. The molecule has 1 aromatic rings. The number of carbonyl (C=O) groups is 2. The van der Waals surface area contributed by atoms with E-state index in [-0.39, 0.29) is 18.2 Å². The van der Waals surface area contributed by atoms with E-state index in [2.05, 4.69) is 17.2 Å². The number of nitrogens with zero attached hydrogens (tertiary/aromatic N) is 2. The number of amides is 2. The predicted molar refractivity (Wildman–Crippen MR) is 84.6 cm³/mol. The molecule has 0 atom stereocenters. The largest absolute Gasteiger partial charge is 0.478 e. The number of hydrogen-bond donors (Lipinski definition) is 1. The van der Waals surface area contributed by atoms with Crippen LogP contribution in [0.15, 0.2) is 12.1 Å². The van der Waals surface area contributed by atoms with E-state index in [1.54, 1.807) is 17.0 Å². The molecule has 6 heteroatoms. The molecule has 0 bridgehead atoms. The summed E-state index contributed by atoms with van der Waals surface area (Å²) in [5.41, 5.74) is 0.883. The van der Waals surface area contributed by atoms with Gasteiger partial charge in [0.2, 0.25) is 5.88 Å². The number of ketones is 1. The zero-order valence-corrected chi connectivity index (χ0v) is 13.2. The number of unbranched alkanes of at least 4 members (excludes halogenated alkanes) is 2. The minimum Gasteiger partial charge on any atom is -0.478 e. The Kier molecular flexibility index (Phi) is 5.75. The second kappa shape index (κ2) is 7.77. The van der Waals surface area contributed by atoms with Crippen molar-refractivity contribution in [3.63, 3.8) is 0 Å². The predicted octanol–water partition coefficient (Wildman–Crippen LogP) is 2.77. The highest BCUT2D eigenvalue weighted by molar-refractivity contribution is 6.07. The third kappa shape index (κ3) is 3.75. The lowest BCUT2D eigenvalue weighted by Gasteiger charge is -2.28. The standard InChI is InChI=1S/C16H23N3O3/c1-3-5-6-10-17-16(21)19-11-9-13(20)15-12(19)7-8-14(18-15)22-4-2/h7-8H,3-6,9-11H2,1-2H3,(H,17,21). The highest BCUT2D eigenvalue weighted by atomic mass is 16.5. The van der Waals surface area contributed by atoms with Gasteiger partial charge in [0.25, 0.3) is 0 Å². The summed E-state index contributed by atoms with van der Waals surface area (Å²) < 4.78 is 5.33. The molecule has 1 N–H and O–H groups in total. The van der Waals surface area contributed by atoms with Gasteiger partial charge in [0, 0.05) is 25.6 Å². The van der Waals surface area contributed by atoms with Crippen LogP contribution in [0.2, 0.25) is 0 Å². The maximum absolute atomic E-state index is 12.3. The Hall–Kier alpha value is -2.11. The van der Waals surface area contributed by atoms with Crippen LogP contribution in [-0.4, -0.2) is 36.5 Å². The van der Waals surface area contributed by atoms with Crippen molar-refractivity contribution < 1.29 is 14.3 Å². The first-order chi connectivity index (χ1) is 10.7. The van der Waals surface area contributed by atoms with E-state index in [0.29, 0.717) is 37.0 Å². The third-order valence-electron chi connectivity index (χ3n) is 3.56. The fourth-order valence-corrected chi connectivity index (χ4v) is 2.41. The Bertz CT molecular complexity index is 545. The van der Waals surface area contributed by atoms with Gasteiger partial charge >= 0.3 is 6.03 Å². The van der Waals surface area contributed by atoms with Crippen molar-refractivity contribution in [2.45, 2.75) is 39.5 Å². The van der Waals surface area contributed by atoms with Gasteiger partial charge in [-0.25, -0.2) is 9.78 Å². The molecule has 0 saturated carbocycles. The molecule has 1 aliphatic rings. The number of anilines is 1. The van der Waals surface area contributed by atoms with Gasteiger partial charge in [-0.2, -0.15) is 0 Å². The number of aromatic nitrogens is 1. The van der Waals surface area contributed by atoms with Crippen LogP contribution in [0.1, 0.15) is 50.0 Å². The van der Waals surface area contributed by atoms with Gasteiger partial charge in [0.1, 0.15) is 5.69 Å². The zero-order valence-electron chi connectivity index (χ0n) is 13.2. The Morgan fingerprint density at radius 1 is 1.36 bits per heavy atom. The number of pyridine rings is 1. The third-order valence-corrected chi connectivity index (χ3v) is 3.56. The van der Waals surface area contributed by atoms with Crippen LogP contribution < -0.4 is 15.0 Å². The average Bonchev–Trinajstić information content (AvgIpc) is 2.52. The van der Waals surface area contributed by atoms with Gasteiger partial charge in [0.05, 0.1) is 12.3 Å². The second-order valence-corrected chi connectivity index (χ2v) is 5.21. The lowest BCUT2D eigenvalue weighted by Crippen LogP contribution is -2.44. The lowest BCUT2D eigenvalue weighted by molar-refractivity contribution is 0.0974. The minimum absolute atomic E-state index is 0.0495. The Labute approximate surface area is 130 Å². The van der Waals surface area contributed by atoms with Crippen LogP contribution in [0.4, 0.5) is 10.5 Å². The molecule has 0 saturated heterocycles. The number of ether oxygens (including phenoxy) is 1. The number of Topliss-reactive ketones (excluding diaryl/α,β-unsaturated/α-hetero) is 1. The topological polar surface area (TPSA) is 71.5 Å². The van der Waals surface area contributed by atoms with Crippen molar-refractivity contribution in [1.29, 1.82) is 0 Å². The fraction of sp³-hybridized carbons (Fsp3) is 0.562. The lowest BCUT2D eigenvalue weighted by atomic mass is 10.1. The number of nitrogens with one attached hydrogen (secondary N) is 1. The van der Waals surface area contributed by atoms with E-state index in [1.165, 1.54) is 0 Å². The summed E-state index contributed by atoms with van der Waals surface area (Å²) in [7, 11) is 0. The molecule has 0 spiro atoms. The Morgan fingerprint density at radius 2 is 2.18 bits per heavy atom. The number of hydrogen-bond acceptors (Lipinski definition) is 4. The van der Waals surface area contributed by atoms with Gasteiger partial charge in [-0.15, -0.1) is 0 Å². The van der Waals surface area contributed by atoms with E-state index < -0.39 is 0 Å². The highest BCUT2D eigenvalue weighted by Gasteiger charge is 2.28. The summed E-state index contributed by atoms with van der Waals surface area (Å²) >= 11 is 0. The number of urea groups is 1. The molecule has 0 radical (unpaired) electrons. The molecule has 1 aliphatic heterocycles. The molecule has 0 aliphatic carbocycles. The quantitative estimate of drug-likeness (QED) is 0.820. The number of rotatable bonds is 6. The molecule has 22 heavy (non-hydrogen) atoms. The molecular formula is C16H23N3O3. The normalized spacial score (nSPS) is 13.7. The first-order valence-electron chi connectivity index (χ1n) is 7.89. The van der Waals surface area contributed by atoms with Crippen LogP contribution in [0.25, 0.3) is 0 Å². The summed E-state index contributed by atoms with van der Waals surface area (Å²) in [5, 5.41) is 2.90. The molecule has 2 heterocycles. The van der Waals surface area contributed by atoms with Gasteiger partial charge < -0.3 is 10.1 Å². The van der Waals surface area contributed by atoms with Crippen molar-refractivity contribution in [3.05, 3.63) is 17.8 Å². The van der Waals surface area contributed by atoms with Crippen LogP contribution in [0, 0.1) is 0 Å². The minimum atomic E-state index is -0.171. The van der Waals surface area contributed by atoms with E-state index in [4.69, 9.17) is 4.74 Å². The van der Waals surface area contributed by atoms with Crippen molar-refractivity contribution in [3.8, 4) is 5.88 Å². The summed E-state index contributed by atoms with van der Waals surface area (Å²) in [5.74, 6) is 0.367. The smallest absolute Gasteiger partial charge is 0.321 e. The van der Waals surface area contributed by atoms with E-state index in [9.17, 15) is 9.59 Å². The van der Waals surface area contributed by atoms with Crippen LogP contribution in [0.3, 0.4) is 0 Å². The van der Waals surface area contributed by atoms with E-state index in [0.717, 1.165) is 19.3 Å². The van der Waals surface area contributed by atoms with E-state index >= 15 is 0 Å². The Balaban J connectivity index is 2.11.